The van der Waals surface area contributed by atoms with Crippen molar-refractivity contribution >= 4 is 17.2 Å². The SMILES string of the molecule is NC(=S)c1cc(CN2CCC(O)CC2)ccn1. The predicted molar refractivity (Wildman–Crippen MR) is 70.6 cm³/mol. The Morgan fingerprint density at radius 2 is 2.24 bits per heavy atom. The molecule has 4 nitrogen and oxygen atoms in total. The molecule has 1 aromatic rings. The molecule has 0 aliphatic carbocycles. The highest BCUT2D eigenvalue weighted by Gasteiger charge is 2.16. The summed E-state index contributed by atoms with van der Waals surface area (Å²) in [4.78, 5) is 6.78. The van der Waals surface area contributed by atoms with Crippen LogP contribution in [0.2, 0.25) is 0 Å². The summed E-state index contributed by atoms with van der Waals surface area (Å²) in [6, 6.07) is 3.92. The second-order valence-corrected chi connectivity index (χ2v) is 4.86. The summed E-state index contributed by atoms with van der Waals surface area (Å²) in [6.07, 6.45) is 3.32. The van der Waals surface area contributed by atoms with Gasteiger partial charge in [0.15, 0.2) is 0 Å². The fourth-order valence-corrected chi connectivity index (χ4v) is 2.15. The minimum Gasteiger partial charge on any atom is -0.393 e. The van der Waals surface area contributed by atoms with E-state index in [0.717, 1.165) is 32.5 Å². The Morgan fingerprint density at radius 1 is 1.53 bits per heavy atom. The van der Waals surface area contributed by atoms with Gasteiger partial charge in [0.2, 0.25) is 0 Å². The largest absolute Gasteiger partial charge is 0.393 e. The Kier molecular flexibility index (Phi) is 4.04. The Bertz CT molecular complexity index is 402. The van der Waals surface area contributed by atoms with Crippen LogP contribution in [0.4, 0.5) is 0 Å². The molecule has 0 spiro atoms. The molecule has 0 aromatic carbocycles. The third-order valence-corrected chi connectivity index (χ3v) is 3.25. The van der Waals surface area contributed by atoms with Gasteiger partial charge in [-0.05, 0) is 30.5 Å². The molecule has 1 aromatic heterocycles. The summed E-state index contributed by atoms with van der Waals surface area (Å²) < 4.78 is 0. The van der Waals surface area contributed by atoms with Gasteiger partial charge in [-0.25, -0.2) is 0 Å². The molecule has 1 fully saturated rings. The van der Waals surface area contributed by atoms with Crippen molar-refractivity contribution in [3.05, 3.63) is 29.6 Å². The van der Waals surface area contributed by atoms with E-state index >= 15 is 0 Å². The molecule has 0 saturated carbocycles. The van der Waals surface area contributed by atoms with Crippen LogP contribution < -0.4 is 5.73 Å². The first-order valence-corrected chi connectivity index (χ1v) is 6.21. The zero-order valence-electron chi connectivity index (χ0n) is 9.67. The van der Waals surface area contributed by atoms with Gasteiger partial charge in [0.25, 0.3) is 0 Å². The van der Waals surface area contributed by atoms with Gasteiger partial charge < -0.3 is 10.8 Å². The van der Waals surface area contributed by atoms with Crippen molar-refractivity contribution in [3.63, 3.8) is 0 Å². The standard InChI is InChI=1S/C12H17N3OS/c13-12(17)11-7-9(1-4-14-11)8-15-5-2-10(16)3-6-15/h1,4,7,10,16H,2-3,5-6,8H2,(H2,13,17). The maximum absolute atomic E-state index is 9.44. The van der Waals surface area contributed by atoms with Crippen LogP contribution in [0, 0.1) is 0 Å². The third-order valence-electron chi connectivity index (χ3n) is 3.04. The number of piperidine rings is 1. The van der Waals surface area contributed by atoms with Crippen molar-refractivity contribution in [1.29, 1.82) is 0 Å². The molecular formula is C12H17N3OS. The molecular weight excluding hydrogens is 234 g/mol. The van der Waals surface area contributed by atoms with E-state index in [-0.39, 0.29) is 6.10 Å². The number of likely N-dealkylation sites (tertiary alicyclic amines) is 1. The molecule has 0 radical (unpaired) electrons. The first-order valence-electron chi connectivity index (χ1n) is 5.80. The van der Waals surface area contributed by atoms with Gasteiger partial charge in [0, 0.05) is 25.8 Å². The molecule has 3 N–H and O–H groups in total. The van der Waals surface area contributed by atoms with Crippen molar-refractivity contribution in [3.8, 4) is 0 Å². The number of hydrogen-bond acceptors (Lipinski definition) is 4. The smallest absolute Gasteiger partial charge is 0.122 e. The summed E-state index contributed by atoms with van der Waals surface area (Å²) in [5.41, 5.74) is 7.40. The summed E-state index contributed by atoms with van der Waals surface area (Å²) in [5.74, 6) is 0. The van der Waals surface area contributed by atoms with E-state index in [2.05, 4.69) is 9.88 Å². The lowest BCUT2D eigenvalue weighted by Crippen LogP contribution is -2.35. The maximum Gasteiger partial charge on any atom is 0.122 e. The average Bonchev–Trinajstić information content (AvgIpc) is 2.32. The van der Waals surface area contributed by atoms with E-state index in [1.165, 1.54) is 5.56 Å². The molecule has 1 aliphatic heterocycles. The van der Waals surface area contributed by atoms with Crippen molar-refractivity contribution in [1.82, 2.24) is 9.88 Å². The molecule has 0 amide bonds. The molecule has 5 heteroatoms. The summed E-state index contributed by atoms with van der Waals surface area (Å²) in [7, 11) is 0. The second kappa shape index (κ2) is 5.53. The molecule has 2 heterocycles. The van der Waals surface area contributed by atoms with Gasteiger partial charge >= 0.3 is 0 Å². The van der Waals surface area contributed by atoms with Crippen LogP contribution in [-0.4, -0.2) is 39.2 Å². The minimum absolute atomic E-state index is 0.129. The van der Waals surface area contributed by atoms with Crippen LogP contribution in [0.3, 0.4) is 0 Å². The number of thiocarbonyl (C=S) groups is 1. The van der Waals surface area contributed by atoms with Gasteiger partial charge in [-0.2, -0.15) is 0 Å². The number of nitrogens with zero attached hydrogens (tertiary/aromatic N) is 2. The number of rotatable bonds is 3. The third kappa shape index (κ3) is 3.46. The number of nitrogens with two attached hydrogens (primary N) is 1. The van der Waals surface area contributed by atoms with Gasteiger partial charge in [0.1, 0.15) is 4.99 Å². The molecule has 0 atom stereocenters. The molecule has 92 valence electrons. The number of aliphatic hydroxyl groups excluding tert-OH is 1. The normalized spacial score (nSPS) is 18.2. The first kappa shape index (κ1) is 12.4. The second-order valence-electron chi connectivity index (χ2n) is 4.42. The summed E-state index contributed by atoms with van der Waals surface area (Å²) in [6.45, 7) is 2.74. The fourth-order valence-electron chi connectivity index (χ4n) is 2.04. The minimum atomic E-state index is -0.129. The number of hydrogen-bond donors (Lipinski definition) is 2. The Labute approximate surface area is 106 Å². The molecule has 1 saturated heterocycles. The van der Waals surface area contributed by atoms with E-state index < -0.39 is 0 Å². The van der Waals surface area contributed by atoms with Crippen LogP contribution in [0.1, 0.15) is 24.1 Å². The van der Waals surface area contributed by atoms with E-state index in [1.54, 1.807) is 6.20 Å². The molecule has 17 heavy (non-hydrogen) atoms. The molecule has 0 bridgehead atoms. The lowest BCUT2D eigenvalue weighted by molar-refractivity contribution is 0.0792. The van der Waals surface area contributed by atoms with E-state index in [9.17, 15) is 5.11 Å². The fraction of sp³-hybridized carbons (Fsp3) is 0.500. The van der Waals surface area contributed by atoms with Crippen molar-refractivity contribution < 1.29 is 5.11 Å². The van der Waals surface area contributed by atoms with Crippen molar-refractivity contribution in [2.75, 3.05) is 13.1 Å². The van der Waals surface area contributed by atoms with E-state index in [0.29, 0.717) is 10.7 Å². The van der Waals surface area contributed by atoms with E-state index in [4.69, 9.17) is 18.0 Å². The number of aliphatic hydroxyl groups is 1. The van der Waals surface area contributed by atoms with Crippen molar-refractivity contribution in [2.45, 2.75) is 25.5 Å². The van der Waals surface area contributed by atoms with Crippen LogP contribution in [0.5, 0.6) is 0 Å². The van der Waals surface area contributed by atoms with Crippen molar-refractivity contribution in [2.24, 2.45) is 5.73 Å². The maximum atomic E-state index is 9.44. The Balaban J connectivity index is 1.98. The van der Waals surface area contributed by atoms with Gasteiger partial charge in [-0.15, -0.1) is 0 Å². The predicted octanol–water partition coefficient (Wildman–Crippen LogP) is 0.672. The van der Waals surface area contributed by atoms with Gasteiger partial charge in [-0.1, -0.05) is 12.2 Å². The van der Waals surface area contributed by atoms with Crippen LogP contribution in [-0.2, 0) is 6.54 Å². The van der Waals surface area contributed by atoms with Crippen LogP contribution >= 0.6 is 12.2 Å². The van der Waals surface area contributed by atoms with Gasteiger partial charge in [0.05, 0.1) is 11.8 Å². The highest BCUT2D eigenvalue weighted by atomic mass is 32.1. The van der Waals surface area contributed by atoms with Crippen LogP contribution in [0.25, 0.3) is 0 Å². The quantitative estimate of drug-likeness (QED) is 0.773. The zero-order valence-corrected chi connectivity index (χ0v) is 10.5. The summed E-state index contributed by atoms with van der Waals surface area (Å²) in [5, 5.41) is 9.44. The lowest BCUT2D eigenvalue weighted by atomic mass is 10.1. The number of pyridine rings is 1. The molecule has 0 unspecified atom stereocenters. The van der Waals surface area contributed by atoms with E-state index in [1.807, 2.05) is 12.1 Å². The summed E-state index contributed by atoms with van der Waals surface area (Å²) >= 11 is 4.91. The van der Waals surface area contributed by atoms with Gasteiger partial charge in [-0.3, -0.25) is 9.88 Å². The molecule has 1 aliphatic rings. The Hall–Kier alpha value is -1.04. The number of aromatic nitrogens is 1. The van der Waals surface area contributed by atoms with Crippen LogP contribution in [0.15, 0.2) is 18.3 Å². The Morgan fingerprint density at radius 3 is 2.88 bits per heavy atom. The lowest BCUT2D eigenvalue weighted by Gasteiger charge is -2.29. The topological polar surface area (TPSA) is 62.4 Å². The first-order chi connectivity index (χ1) is 8.15. The molecule has 2 rings (SSSR count). The zero-order chi connectivity index (χ0) is 12.3. The monoisotopic (exact) mass is 251 g/mol. The highest BCUT2D eigenvalue weighted by molar-refractivity contribution is 7.80. The average molecular weight is 251 g/mol. The highest BCUT2D eigenvalue weighted by Crippen LogP contribution is 2.13.